The molecular weight excluding hydrogens is 341 g/mol. The van der Waals surface area contributed by atoms with E-state index < -0.39 is 0 Å². The van der Waals surface area contributed by atoms with Crippen molar-refractivity contribution in [1.82, 2.24) is 14.9 Å². The molecule has 18 heavy (non-hydrogen) atoms. The summed E-state index contributed by atoms with van der Waals surface area (Å²) in [6, 6.07) is 0. The van der Waals surface area contributed by atoms with Crippen LogP contribution in [-0.2, 0) is 6.54 Å². The van der Waals surface area contributed by atoms with Crippen LogP contribution in [-0.4, -0.2) is 22.6 Å². The number of rotatable bonds is 5. The minimum atomic E-state index is 0.0562. The van der Waals surface area contributed by atoms with Crippen LogP contribution in [0.2, 0.25) is 0 Å². The Balaban J connectivity index is 2.45. The summed E-state index contributed by atoms with van der Waals surface area (Å²) in [5, 5.41) is 3.37. The van der Waals surface area contributed by atoms with Crippen molar-refractivity contribution < 1.29 is 0 Å². The third-order valence-corrected chi connectivity index (χ3v) is 3.51. The summed E-state index contributed by atoms with van der Waals surface area (Å²) in [5.74, 6) is 0.776. The lowest BCUT2D eigenvalue weighted by Gasteiger charge is -2.18. The van der Waals surface area contributed by atoms with Gasteiger partial charge in [-0.3, -0.25) is 9.36 Å². The smallest absolute Gasteiger partial charge is 0.266 e. The first-order valence-electron chi connectivity index (χ1n) is 6.24. The van der Waals surface area contributed by atoms with Crippen molar-refractivity contribution in [3.63, 3.8) is 0 Å². The summed E-state index contributed by atoms with van der Waals surface area (Å²) in [6.45, 7) is 11.0. The van der Waals surface area contributed by atoms with E-state index >= 15 is 0 Å². The van der Waals surface area contributed by atoms with Gasteiger partial charge in [0, 0.05) is 19.3 Å². The average Bonchev–Trinajstić information content (AvgIpc) is 2.26. The van der Waals surface area contributed by atoms with Crippen molar-refractivity contribution in [1.29, 1.82) is 0 Å². The fourth-order valence-electron chi connectivity index (χ4n) is 1.59. The summed E-state index contributed by atoms with van der Waals surface area (Å²) in [5.41, 5.74) is 0.407. The molecule has 0 atom stereocenters. The van der Waals surface area contributed by atoms with Gasteiger partial charge < -0.3 is 5.32 Å². The average molecular weight is 363 g/mol. The summed E-state index contributed by atoms with van der Waals surface area (Å²) in [6.07, 6.45) is 2.76. The normalized spacial score (nSPS) is 11.8. The maximum atomic E-state index is 11.9. The molecule has 0 saturated carbocycles. The monoisotopic (exact) mass is 363 g/mol. The second kappa shape index (κ2) is 6.65. The van der Waals surface area contributed by atoms with Gasteiger partial charge in [0.1, 0.15) is 5.82 Å². The lowest BCUT2D eigenvalue weighted by Crippen LogP contribution is -2.31. The Kier molecular flexibility index (Phi) is 5.78. The maximum absolute atomic E-state index is 11.9. The number of nitrogens with zero attached hydrogens (tertiary/aromatic N) is 2. The predicted octanol–water partition coefficient (Wildman–Crippen LogP) is 2.18. The zero-order valence-corrected chi connectivity index (χ0v) is 13.7. The van der Waals surface area contributed by atoms with Crippen LogP contribution in [0.3, 0.4) is 0 Å². The van der Waals surface area contributed by atoms with Gasteiger partial charge in [-0.25, -0.2) is 4.98 Å². The lowest BCUT2D eigenvalue weighted by atomic mass is 9.92. The molecule has 4 nitrogen and oxygen atoms in total. The third kappa shape index (κ3) is 5.06. The van der Waals surface area contributed by atoms with Crippen LogP contribution in [0.25, 0.3) is 0 Å². The first-order valence-corrected chi connectivity index (χ1v) is 7.32. The predicted molar refractivity (Wildman–Crippen MR) is 82.9 cm³/mol. The number of hydrogen-bond acceptors (Lipinski definition) is 3. The molecule has 102 valence electrons. The summed E-state index contributed by atoms with van der Waals surface area (Å²) in [4.78, 5) is 16.1. The van der Waals surface area contributed by atoms with Gasteiger partial charge in [0.05, 0.1) is 3.57 Å². The van der Waals surface area contributed by atoms with Crippen LogP contribution in [0.5, 0.6) is 0 Å². The minimum absolute atomic E-state index is 0.0562. The highest BCUT2D eigenvalue weighted by atomic mass is 127. The van der Waals surface area contributed by atoms with Crippen LogP contribution >= 0.6 is 22.6 Å². The second-order valence-corrected chi connectivity index (χ2v) is 6.83. The topological polar surface area (TPSA) is 46.9 Å². The SMILES string of the molecule is Cc1ncc(I)c(=O)n1CCNCCC(C)(C)C. The first-order chi connectivity index (χ1) is 8.31. The molecule has 0 radical (unpaired) electrons. The van der Waals surface area contributed by atoms with Gasteiger partial charge in [0.15, 0.2) is 0 Å². The summed E-state index contributed by atoms with van der Waals surface area (Å²) in [7, 11) is 0. The Hall–Kier alpha value is -0.430. The largest absolute Gasteiger partial charge is 0.315 e. The molecule has 0 aliphatic carbocycles. The second-order valence-electron chi connectivity index (χ2n) is 5.67. The van der Waals surface area contributed by atoms with Gasteiger partial charge in [-0.2, -0.15) is 0 Å². The van der Waals surface area contributed by atoms with Gasteiger partial charge in [-0.15, -0.1) is 0 Å². The number of halogens is 1. The van der Waals surface area contributed by atoms with Crippen LogP contribution in [0.1, 0.15) is 33.0 Å². The molecule has 0 aliphatic heterocycles. The molecule has 1 rings (SSSR count). The number of aromatic nitrogens is 2. The molecule has 0 bridgehead atoms. The minimum Gasteiger partial charge on any atom is -0.315 e. The fourth-order valence-corrected chi connectivity index (χ4v) is 2.02. The Morgan fingerprint density at radius 1 is 1.39 bits per heavy atom. The lowest BCUT2D eigenvalue weighted by molar-refractivity contribution is 0.364. The summed E-state index contributed by atoms with van der Waals surface area (Å²) < 4.78 is 2.40. The van der Waals surface area contributed by atoms with Crippen LogP contribution in [0, 0.1) is 15.9 Å². The van der Waals surface area contributed by atoms with E-state index in [-0.39, 0.29) is 5.56 Å². The van der Waals surface area contributed by atoms with E-state index in [0.29, 0.717) is 15.5 Å². The highest BCUT2D eigenvalue weighted by Gasteiger charge is 2.09. The summed E-state index contributed by atoms with van der Waals surface area (Å²) >= 11 is 2.03. The van der Waals surface area contributed by atoms with Crippen molar-refractivity contribution in [2.24, 2.45) is 5.41 Å². The van der Waals surface area contributed by atoms with E-state index in [1.807, 2.05) is 29.5 Å². The molecule has 5 heteroatoms. The molecule has 0 aromatic carbocycles. The Morgan fingerprint density at radius 3 is 2.67 bits per heavy atom. The molecule has 0 spiro atoms. The molecule has 0 saturated heterocycles. The van der Waals surface area contributed by atoms with Gasteiger partial charge in [0.25, 0.3) is 5.56 Å². The van der Waals surface area contributed by atoms with E-state index in [1.165, 1.54) is 0 Å². The quantitative estimate of drug-likeness (QED) is 0.645. The number of nitrogens with one attached hydrogen (secondary N) is 1. The maximum Gasteiger partial charge on any atom is 0.266 e. The zero-order chi connectivity index (χ0) is 13.8. The van der Waals surface area contributed by atoms with E-state index in [0.717, 1.165) is 25.3 Å². The van der Waals surface area contributed by atoms with Crippen LogP contribution < -0.4 is 10.9 Å². The van der Waals surface area contributed by atoms with Gasteiger partial charge in [0.2, 0.25) is 0 Å². The van der Waals surface area contributed by atoms with E-state index in [2.05, 4.69) is 31.1 Å². The zero-order valence-electron chi connectivity index (χ0n) is 11.6. The van der Waals surface area contributed by atoms with Crippen LogP contribution in [0.15, 0.2) is 11.0 Å². The molecular formula is C13H22IN3O. The van der Waals surface area contributed by atoms with Gasteiger partial charge in [-0.05, 0) is 47.9 Å². The van der Waals surface area contributed by atoms with Gasteiger partial charge >= 0.3 is 0 Å². The van der Waals surface area contributed by atoms with E-state index in [9.17, 15) is 4.79 Å². The van der Waals surface area contributed by atoms with Crippen molar-refractivity contribution in [3.8, 4) is 0 Å². The number of aryl methyl sites for hydroxylation is 1. The van der Waals surface area contributed by atoms with Crippen molar-refractivity contribution in [3.05, 3.63) is 25.9 Å². The number of hydrogen-bond donors (Lipinski definition) is 1. The molecule has 0 fully saturated rings. The standard InChI is InChI=1S/C13H22IN3O/c1-10-16-9-11(14)12(18)17(10)8-7-15-6-5-13(2,3)4/h9,15H,5-8H2,1-4H3. The molecule has 1 aromatic rings. The fraction of sp³-hybridized carbons (Fsp3) is 0.692. The van der Waals surface area contributed by atoms with Crippen molar-refractivity contribution in [2.75, 3.05) is 13.1 Å². The van der Waals surface area contributed by atoms with Crippen molar-refractivity contribution in [2.45, 2.75) is 40.7 Å². The molecule has 1 N–H and O–H groups in total. The molecule has 0 unspecified atom stereocenters. The Morgan fingerprint density at radius 2 is 2.06 bits per heavy atom. The van der Waals surface area contributed by atoms with E-state index in [4.69, 9.17) is 0 Å². The van der Waals surface area contributed by atoms with Crippen molar-refractivity contribution >= 4 is 22.6 Å². The molecule has 1 heterocycles. The molecule has 1 aromatic heterocycles. The highest BCUT2D eigenvalue weighted by molar-refractivity contribution is 14.1. The molecule has 0 amide bonds. The first kappa shape index (κ1) is 15.6. The highest BCUT2D eigenvalue weighted by Crippen LogP contribution is 2.16. The van der Waals surface area contributed by atoms with Crippen LogP contribution in [0.4, 0.5) is 0 Å². The molecule has 0 aliphatic rings. The van der Waals surface area contributed by atoms with E-state index in [1.54, 1.807) is 10.8 Å². The Bertz CT molecular complexity index is 449. The Labute approximate surface area is 122 Å². The third-order valence-electron chi connectivity index (χ3n) is 2.77. The van der Waals surface area contributed by atoms with Gasteiger partial charge in [-0.1, -0.05) is 20.8 Å².